The Kier molecular flexibility index (Phi) is 8.08. The number of carboxylic acid groups (broad SMARTS) is 1. The molecule has 0 spiro atoms. The molecule has 0 aromatic heterocycles. The number of halogens is 1. The average molecular weight is 428 g/mol. The molecule has 26 heavy (non-hydrogen) atoms. The lowest BCUT2D eigenvalue weighted by molar-refractivity contribution is -0.145. The molecule has 0 heterocycles. The molecule has 0 aliphatic heterocycles. The molecule has 0 saturated heterocycles. The number of carboxylic acids is 1. The van der Waals surface area contributed by atoms with E-state index in [-0.39, 0.29) is 0 Å². The van der Waals surface area contributed by atoms with Crippen LogP contribution in [0.15, 0.2) is 28.7 Å². The first kappa shape index (κ1) is 22.0. The lowest BCUT2D eigenvalue weighted by Gasteiger charge is -2.29. The Morgan fingerprint density at radius 3 is 2.15 bits per heavy atom. The second-order valence-corrected chi connectivity index (χ2v) is 8.01. The van der Waals surface area contributed by atoms with Crippen LogP contribution in [0, 0.1) is 5.41 Å². The molecule has 2 unspecified atom stereocenters. The highest BCUT2D eigenvalue weighted by atomic mass is 79.9. The summed E-state index contributed by atoms with van der Waals surface area (Å²) in [5.74, 6) is -1.62. The largest absolute Gasteiger partial charge is 0.480 e. The number of nitrogens with one attached hydrogen (secondary N) is 3. The number of carbonyl (C=O) groups is 3. The van der Waals surface area contributed by atoms with E-state index in [1.165, 1.54) is 0 Å². The van der Waals surface area contributed by atoms with Crippen LogP contribution in [-0.4, -0.2) is 35.1 Å². The summed E-state index contributed by atoms with van der Waals surface area (Å²) >= 11 is 3.31. The summed E-state index contributed by atoms with van der Waals surface area (Å²) in [5.41, 5.74) is -0.0720. The van der Waals surface area contributed by atoms with Crippen molar-refractivity contribution < 1.29 is 19.5 Å². The van der Waals surface area contributed by atoms with Crippen molar-refractivity contribution in [2.45, 2.75) is 52.6 Å². The quantitative estimate of drug-likeness (QED) is 0.534. The van der Waals surface area contributed by atoms with Gasteiger partial charge in [-0.05, 0) is 36.1 Å². The summed E-state index contributed by atoms with van der Waals surface area (Å²) in [4.78, 5) is 36.1. The van der Waals surface area contributed by atoms with Gasteiger partial charge in [-0.2, -0.15) is 0 Å². The van der Waals surface area contributed by atoms with Gasteiger partial charge in [0.25, 0.3) is 0 Å². The Bertz CT molecular complexity index is 641. The smallest absolute Gasteiger partial charge is 0.326 e. The number of aliphatic carboxylic acids is 1. The second kappa shape index (κ2) is 9.56. The Labute approximate surface area is 162 Å². The van der Waals surface area contributed by atoms with Gasteiger partial charge < -0.3 is 21.1 Å². The van der Waals surface area contributed by atoms with E-state index in [1.807, 2.05) is 6.92 Å². The molecule has 1 aromatic carbocycles. The van der Waals surface area contributed by atoms with Crippen LogP contribution < -0.4 is 16.0 Å². The predicted molar refractivity (Wildman–Crippen MR) is 104 cm³/mol. The third-order valence-electron chi connectivity index (χ3n) is 3.70. The molecule has 0 aliphatic rings. The van der Waals surface area contributed by atoms with Crippen molar-refractivity contribution in [3.05, 3.63) is 28.7 Å². The van der Waals surface area contributed by atoms with Crippen molar-refractivity contribution in [2.24, 2.45) is 5.41 Å². The van der Waals surface area contributed by atoms with Crippen LogP contribution in [0.25, 0.3) is 0 Å². The summed E-state index contributed by atoms with van der Waals surface area (Å²) in [5, 5.41) is 17.1. The van der Waals surface area contributed by atoms with Crippen LogP contribution in [0.1, 0.15) is 40.5 Å². The van der Waals surface area contributed by atoms with E-state index in [1.54, 1.807) is 45.0 Å². The van der Waals surface area contributed by atoms with Crippen LogP contribution in [0.3, 0.4) is 0 Å². The minimum Gasteiger partial charge on any atom is -0.480 e. The van der Waals surface area contributed by atoms with Gasteiger partial charge >= 0.3 is 12.0 Å². The molecule has 8 heteroatoms. The summed E-state index contributed by atoms with van der Waals surface area (Å²) in [6, 6.07) is 4.62. The van der Waals surface area contributed by atoms with Gasteiger partial charge in [0.05, 0.1) is 0 Å². The van der Waals surface area contributed by atoms with Crippen molar-refractivity contribution >= 4 is 39.5 Å². The first-order chi connectivity index (χ1) is 12.0. The van der Waals surface area contributed by atoms with E-state index in [2.05, 4.69) is 31.9 Å². The number of benzene rings is 1. The minimum absolute atomic E-state index is 0.399. The Morgan fingerprint density at radius 2 is 1.69 bits per heavy atom. The van der Waals surface area contributed by atoms with Crippen LogP contribution in [-0.2, 0) is 9.59 Å². The maximum atomic E-state index is 12.5. The fraction of sp³-hybridized carbons (Fsp3) is 0.500. The fourth-order valence-corrected chi connectivity index (χ4v) is 2.57. The van der Waals surface area contributed by atoms with Gasteiger partial charge in [-0.3, -0.25) is 4.79 Å². The summed E-state index contributed by atoms with van der Waals surface area (Å²) in [7, 11) is 0. The highest BCUT2D eigenvalue weighted by Gasteiger charge is 2.34. The molecule has 1 rings (SSSR count). The van der Waals surface area contributed by atoms with Gasteiger partial charge in [0, 0.05) is 10.2 Å². The van der Waals surface area contributed by atoms with Gasteiger partial charge in [0.15, 0.2) is 0 Å². The molecule has 2 atom stereocenters. The molecular formula is C18H26BrN3O4. The number of carbonyl (C=O) groups excluding carboxylic acids is 2. The molecule has 1 aromatic rings. The first-order valence-electron chi connectivity index (χ1n) is 8.41. The number of amides is 3. The molecule has 0 aliphatic carbocycles. The molecule has 0 radical (unpaired) electrons. The van der Waals surface area contributed by atoms with Gasteiger partial charge in [-0.25, -0.2) is 9.59 Å². The SMILES string of the molecule is CCCC(NC(=O)Nc1ccc(Br)cc1)C(=O)NC(C(=O)O)C(C)(C)C. The van der Waals surface area contributed by atoms with E-state index in [0.29, 0.717) is 18.5 Å². The Morgan fingerprint density at radius 1 is 1.12 bits per heavy atom. The second-order valence-electron chi connectivity index (χ2n) is 7.09. The normalized spacial score (nSPS) is 13.4. The standard InChI is InChI=1S/C18H26BrN3O4/c1-5-6-13(15(23)22-14(16(24)25)18(2,3)4)21-17(26)20-12-9-7-11(19)8-10-12/h7-10,13-14H,5-6H2,1-4H3,(H,22,23)(H,24,25)(H2,20,21,26). The molecule has 3 amide bonds. The molecule has 7 nitrogen and oxygen atoms in total. The zero-order valence-electron chi connectivity index (χ0n) is 15.4. The Balaban J connectivity index is 2.77. The number of hydrogen-bond acceptors (Lipinski definition) is 3. The van der Waals surface area contributed by atoms with Gasteiger partial charge in [0.2, 0.25) is 5.91 Å². The monoisotopic (exact) mass is 427 g/mol. The van der Waals surface area contributed by atoms with Gasteiger partial charge in [0.1, 0.15) is 12.1 Å². The number of urea groups is 1. The van der Waals surface area contributed by atoms with Crippen molar-refractivity contribution in [1.29, 1.82) is 0 Å². The zero-order chi connectivity index (χ0) is 19.9. The van der Waals surface area contributed by atoms with E-state index in [0.717, 1.165) is 4.47 Å². The van der Waals surface area contributed by atoms with E-state index in [4.69, 9.17) is 0 Å². The summed E-state index contributed by atoms with van der Waals surface area (Å²) in [6.07, 6.45) is 1.06. The van der Waals surface area contributed by atoms with Crippen molar-refractivity contribution in [1.82, 2.24) is 10.6 Å². The number of anilines is 1. The topological polar surface area (TPSA) is 108 Å². The maximum absolute atomic E-state index is 12.5. The van der Waals surface area contributed by atoms with Crippen LogP contribution in [0.4, 0.5) is 10.5 Å². The van der Waals surface area contributed by atoms with E-state index in [9.17, 15) is 19.5 Å². The first-order valence-corrected chi connectivity index (χ1v) is 9.20. The molecule has 4 N–H and O–H groups in total. The molecular weight excluding hydrogens is 402 g/mol. The fourth-order valence-electron chi connectivity index (χ4n) is 2.31. The third-order valence-corrected chi connectivity index (χ3v) is 4.23. The Hall–Kier alpha value is -2.09. The van der Waals surface area contributed by atoms with Crippen LogP contribution in [0.5, 0.6) is 0 Å². The molecule has 0 saturated carbocycles. The third kappa shape index (κ3) is 7.03. The molecule has 0 fully saturated rings. The predicted octanol–water partition coefficient (Wildman–Crippen LogP) is 3.35. The highest BCUT2D eigenvalue weighted by Crippen LogP contribution is 2.20. The number of hydrogen-bond donors (Lipinski definition) is 4. The summed E-state index contributed by atoms with van der Waals surface area (Å²) in [6.45, 7) is 7.07. The maximum Gasteiger partial charge on any atom is 0.326 e. The zero-order valence-corrected chi connectivity index (χ0v) is 17.0. The van der Waals surface area contributed by atoms with Crippen molar-refractivity contribution in [2.75, 3.05) is 5.32 Å². The minimum atomic E-state index is -1.11. The molecule has 0 bridgehead atoms. The summed E-state index contributed by atoms with van der Waals surface area (Å²) < 4.78 is 0.883. The average Bonchev–Trinajstić information content (AvgIpc) is 2.52. The lowest BCUT2D eigenvalue weighted by Crippen LogP contribution is -2.55. The van der Waals surface area contributed by atoms with Gasteiger partial charge in [-0.15, -0.1) is 0 Å². The van der Waals surface area contributed by atoms with Gasteiger partial charge in [-0.1, -0.05) is 50.0 Å². The van der Waals surface area contributed by atoms with E-state index < -0.39 is 35.4 Å². The molecule has 144 valence electrons. The van der Waals surface area contributed by atoms with E-state index >= 15 is 0 Å². The van der Waals surface area contributed by atoms with Crippen LogP contribution >= 0.6 is 15.9 Å². The number of rotatable bonds is 7. The van der Waals surface area contributed by atoms with Crippen LogP contribution in [0.2, 0.25) is 0 Å². The van der Waals surface area contributed by atoms with Crippen molar-refractivity contribution in [3.8, 4) is 0 Å². The highest BCUT2D eigenvalue weighted by molar-refractivity contribution is 9.10. The van der Waals surface area contributed by atoms with Crippen molar-refractivity contribution in [3.63, 3.8) is 0 Å². The lowest BCUT2D eigenvalue weighted by atomic mass is 9.86.